The summed E-state index contributed by atoms with van der Waals surface area (Å²) in [6.45, 7) is 5.78. The SMILES string of the molecule is CC1(C)CNc2nc3cc(-c4ccccn4)ccc3c(=O)n2C1. The maximum atomic E-state index is 12.8. The van der Waals surface area contributed by atoms with Crippen molar-refractivity contribution < 1.29 is 0 Å². The van der Waals surface area contributed by atoms with Crippen LogP contribution in [0, 0.1) is 5.41 Å². The van der Waals surface area contributed by atoms with Gasteiger partial charge < -0.3 is 5.32 Å². The second-order valence-electron chi connectivity index (χ2n) is 6.79. The molecule has 0 unspecified atom stereocenters. The maximum Gasteiger partial charge on any atom is 0.262 e. The fourth-order valence-electron chi connectivity index (χ4n) is 3.00. The summed E-state index contributed by atoms with van der Waals surface area (Å²) in [6, 6.07) is 11.5. The Morgan fingerprint density at radius 3 is 2.87 bits per heavy atom. The number of pyridine rings is 1. The van der Waals surface area contributed by atoms with Crippen molar-refractivity contribution in [1.29, 1.82) is 0 Å². The third-order valence-corrected chi connectivity index (χ3v) is 4.23. The minimum Gasteiger partial charge on any atom is -0.355 e. The lowest BCUT2D eigenvalue weighted by Gasteiger charge is -2.32. The van der Waals surface area contributed by atoms with E-state index in [0.717, 1.165) is 17.8 Å². The molecule has 5 heteroatoms. The van der Waals surface area contributed by atoms with E-state index >= 15 is 0 Å². The number of fused-ring (bicyclic) bond motifs is 2. The molecule has 0 atom stereocenters. The molecule has 1 aromatic carbocycles. The summed E-state index contributed by atoms with van der Waals surface area (Å²) in [6.07, 6.45) is 1.76. The first kappa shape index (κ1) is 13.9. The van der Waals surface area contributed by atoms with Crippen molar-refractivity contribution in [1.82, 2.24) is 14.5 Å². The molecular weight excluding hydrogens is 288 g/mol. The molecule has 116 valence electrons. The highest BCUT2D eigenvalue weighted by atomic mass is 16.1. The third kappa shape index (κ3) is 2.38. The van der Waals surface area contributed by atoms with E-state index in [1.807, 2.05) is 36.4 Å². The molecule has 0 aliphatic carbocycles. The number of anilines is 1. The van der Waals surface area contributed by atoms with Crippen LogP contribution >= 0.6 is 0 Å². The first-order valence-corrected chi connectivity index (χ1v) is 7.73. The van der Waals surface area contributed by atoms with Crippen LogP contribution in [-0.2, 0) is 6.54 Å². The molecule has 1 aliphatic rings. The van der Waals surface area contributed by atoms with Gasteiger partial charge >= 0.3 is 0 Å². The van der Waals surface area contributed by atoms with Gasteiger partial charge in [0, 0.05) is 30.3 Å². The zero-order chi connectivity index (χ0) is 16.0. The lowest BCUT2D eigenvalue weighted by molar-refractivity contribution is 0.303. The molecule has 4 rings (SSSR count). The van der Waals surface area contributed by atoms with Gasteiger partial charge in [-0.05, 0) is 24.3 Å². The van der Waals surface area contributed by atoms with Crippen molar-refractivity contribution >= 4 is 16.9 Å². The molecule has 0 bridgehead atoms. The molecule has 1 N–H and O–H groups in total. The summed E-state index contributed by atoms with van der Waals surface area (Å²) in [4.78, 5) is 21.8. The molecule has 3 aromatic rings. The number of benzene rings is 1. The number of aromatic nitrogens is 3. The van der Waals surface area contributed by atoms with E-state index in [2.05, 4.69) is 29.1 Å². The van der Waals surface area contributed by atoms with Crippen molar-refractivity contribution in [2.24, 2.45) is 5.41 Å². The van der Waals surface area contributed by atoms with Crippen LogP contribution in [0.15, 0.2) is 47.4 Å². The smallest absolute Gasteiger partial charge is 0.262 e. The Morgan fingerprint density at radius 1 is 1.22 bits per heavy atom. The van der Waals surface area contributed by atoms with E-state index in [0.29, 0.717) is 23.4 Å². The molecule has 0 spiro atoms. The summed E-state index contributed by atoms with van der Waals surface area (Å²) >= 11 is 0. The maximum absolute atomic E-state index is 12.8. The number of rotatable bonds is 1. The Morgan fingerprint density at radius 2 is 2.09 bits per heavy atom. The lowest BCUT2D eigenvalue weighted by atomic mass is 9.92. The summed E-state index contributed by atoms with van der Waals surface area (Å²) in [7, 11) is 0. The highest BCUT2D eigenvalue weighted by Crippen LogP contribution is 2.26. The van der Waals surface area contributed by atoms with Gasteiger partial charge in [-0.3, -0.25) is 14.3 Å². The van der Waals surface area contributed by atoms with Gasteiger partial charge in [-0.2, -0.15) is 0 Å². The molecule has 0 radical (unpaired) electrons. The van der Waals surface area contributed by atoms with Crippen molar-refractivity contribution in [3.8, 4) is 11.3 Å². The highest BCUT2D eigenvalue weighted by Gasteiger charge is 2.27. The predicted molar refractivity (Wildman–Crippen MR) is 91.5 cm³/mol. The zero-order valence-corrected chi connectivity index (χ0v) is 13.2. The van der Waals surface area contributed by atoms with Gasteiger partial charge in [0.05, 0.1) is 16.6 Å². The van der Waals surface area contributed by atoms with E-state index in [-0.39, 0.29) is 11.0 Å². The standard InChI is InChI=1S/C18H18N4O/c1-18(2)10-20-17-21-15-9-12(14-5-3-4-8-19-14)6-7-13(15)16(23)22(17)11-18/h3-9H,10-11H2,1-2H3,(H,20,21). The largest absolute Gasteiger partial charge is 0.355 e. The van der Waals surface area contributed by atoms with Crippen LogP contribution in [-0.4, -0.2) is 21.1 Å². The molecular formula is C18H18N4O. The van der Waals surface area contributed by atoms with Gasteiger partial charge in [-0.25, -0.2) is 4.98 Å². The molecule has 0 amide bonds. The summed E-state index contributed by atoms with van der Waals surface area (Å²) in [5.74, 6) is 0.653. The van der Waals surface area contributed by atoms with Gasteiger partial charge in [-0.1, -0.05) is 26.0 Å². The first-order chi connectivity index (χ1) is 11.0. The van der Waals surface area contributed by atoms with Crippen LogP contribution in [0.4, 0.5) is 5.95 Å². The fraction of sp³-hybridized carbons (Fsp3) is 0.278. The van der Waals surface area contributed by atoms with Crippen LogP contribution in [0.5, 0.6) is 0 Å². The Hall–Kier alpha value is -2.69. The Kier molecular flexibility index (Phi) is 2.98. The summed E-state index contributed by atoms with van der Waals surface area (Å²) in [5, 5.41) is 3.93. The number of hydrogen-bond acceptors (Lipinski definition) is 4. The molecule has 0 fully saturated rings. The Labute approximate surface area is 134 Å². The molecule has 23 heavy (non-hydrogen) atoms. The van der Waals surface area contributed by atoms with E-state index in [1.54, 1.807) is 10.8 Å². The van der Waals surface area contributed by atoms with E-state index in [9.17, 15) is 4.79 Å². The Balaban J connectivity index is 1.90. The predicted octanol–water partition coefficient (Wildman–Crippen LogP) is 2.91. The number of nitrogens with one attached hydrogen (secondary N) is 1. The van der Waals surface area contributed by atoms with Crippen LogP contribution < -0.4 is 10.9 Å². The van der Waals surface area contributed by atoms with Gasteiger partial charge in [-0.15, -0.1) is 0 Å². The van der Waals surface area contributed by atoms with E-state index in [1.165, 1.54) is 0 Å². The average Bonchev–Trinajstić information content (AvgIpc) is 2.56. The topological polar surface area (TPSA) is 59.8 Å². The van der Waals surface area contributed by atoms with Crippen LogP contribution in [0.2, 0.25) is 0 Å². The molecule has 3 heterocycles. The summed E-state index contributed by atoms with van der Waals surface area (Å²) in [5.41, 5.74) is 2.60. The molecule has 2 aromatic heterocycles. The quantitative estimate of drug-likeness (QED) is 0.751. The van der Waals surface area contributed by atoms with Gasteiger partial charge in [0.15, 0.2) is 0 Å². The molecule has 5 nitrogen and oxygen atoms in total. The van der Waals surface area contributed by atoms with Crippen molar-refractivity contribution in [2.45, 2.75) is 20.4 Å². The highest BCUT2D eigenvalue weighted by molar-refractivity contribution is 5.83. The average molecular weight is 306 g/mol. The normalized spacial score (nSPS) is 15.9. The first-order valence-electron chi connectivity index (χ1n) is 7.73. The second kappa shape index (κ2) is 4.91. The fourth-order valence-corrected chi connectivity index (χ4v) is 3.00. The van der Waals surface area contributed by atoms with Crippen LogP contribution in [0.3, 0.4) is 0 Å². The van der Waals surface area contributed by atoms with Gasteiger partial charge in [0.25, 0.3) is 5.56 Å². The lowest BCUT2D eigenvalue weighted by Crippen LogP contribution is -2.40. The second-order valence-corrected chi connectivity index (χ2v) is 6.79. The van der Waals surface area contributed by atoms with Crippen LogP contribution in [0.1, 0.15) is 13.8 Å². The van der Waals surface area contributed by atoms with Crippen molar-refractivity contribution in [2.75, 3.05) is 11.9 Å². The number of nitrogens with zero attached hydrogens (tertiary/aromatic N) is 3. The van der Waals surface area contributed by atoms with Crippen molar-refractivity contribution in [3.05, 3.63) is 52.9 Å². The van der Waals surface area contributed by atoms with E-state index < -0.39 is 0 Å². The molecule has 0 saturated carbocycles. The summed E-state index contributed by atoms with van der Waals surface area (Å²) < 4.78 is 1.74. The number of hydrogen-bond donors (Lipinski definition) is 1. The van der Waals surface area contributed by atoms with Gasteiger partial charge in [0.1, 0.15) is 0 Å². The van der Waals surface area contributed by atoms with Crippen LogP contribution in [0.25, 0.3) is 22.2 Å². The van der Waals surface area contributed by atoms with Crippen molar-refractivity contribution in [3.63, 3.8) is 0 Å². The minimum atomic E-state index is 0.0119. The van der Waals surface area contributed by atoms with E-state index in [4.69, 9.17) is 0 Å². The minimum absolute atomic E-state index is 0.0119. The third-order valence-electron chi connectivity index (χ3n) is 4.23. The monoisotopic (exact) mass is 306 g/mol. The molecule has 1 aliphatic heterocycles. The molecule has 0 saturated heterocycles. The Bertz CT molecular complexity index is 944. The van der Waals surface area contributed by atoms with Gasteiger partial charge in [0.2, 0.25) is 5.95 Å². The zero-order valence-electron chi connectivity index (χ0n) is 13.2.